The van der Waals surface area contributed by atoms with Crippen LogP contribution in [-0.2, 0) is 9.53 Å². The van der Waals surface area contributed by atoms with Crippen molar-refractivity contribution in [2.24, 2.45) is 0 Å². The highest BCUT2D eigenvalue weighted by Gasteiger charge is 2.26. The molecule has 1 fully saturated rings. The minimum atomic E-state index is -1.03. The van der Waals surface area contributed by atoms with Crippen LogP contribution >= 0.6 is 0 Å². The molecule has 2 atom stereocenters. The first-order chi connectivity index (χ1) is 11.4. The van der Waals surface area contributed by atoms with Crippen LogP contribution in [0.1, 0.15) is 47.2 Å². The third-order valence-corrected chi connectivity index (χ3v) is 4.38. The Bertz CT molecular complexity index is 590. The lowest BCUT2D eigenvalue weighted by molar-refractivity contribution is -0.139. The van der Waals surface area contributed by atoms with Crippen LogP contribution in [0, 0.1) is 13.8 Å². The Labute approximate surface area is 142 Å². The Hall–Kier alpha value is -2.08. The second kappa shape index (κ2) is 8.15. The van der Waals surface area contributed by atoms with E-state index in [1.165, 1.54) is 0 Å². The van der Waals surface area contributed by atoms with Gasteiger partial charge in [0, 0.05) is 12.7 Å². The molecule has 0 radical (unpaired) electrons. The van der Waals surface area contributed by atoms with Gasteiger partial charge < -0.3 is 19.9 Å². The van der Waals surface area contributed by atoms with Crippen molar-refractivity contribution in [1.82, 2.24) is 5.32 Å². The van der Waals surface area contributed by atoms with E-state index < -0.39 is 12.6 Å². The van der Waals surface area contributed by atoms with E-state index in [0.29, 0.717) is 11.3 Å². The van der Waals surface area contributed by atoms with Crippen molar-refractivity contribution >= 4 is 11.9 Å². The van der Waals surface area contributed by atoms with Gasteiger partial charge in [-0.05, 0) is 49.9 Å². The van der Waals surface area contributed by atoms with Gasteiger partial charge in [-0.2, -0.15) is 0 Å². The van der Waals surface area contributed by atoms with Crippen LogP contribution in [0.2, 0.25) is 0 Å². The Morgan fingerprint density at radius 1 is 1.21 bits per heavy atom. The third-order valence-electron chi connectivity index (χ3n) is 4.38. The molecule has 1 aliphatic carbocycles. The van der Waals surface area contributed by atoms with Crippen molar-refractivity contribution in [2.45, 2.75) is 51.7 Å². The van der Waals surface area contributed by atoms with Crippen LogP contribution < -0.4 is 10.1 Å². The van der Waals surface area contributed by atoms with Crippen molar-refractivity contribution in [1.29, 1.82) is 0 Å². The van der Waals surface area contributed by atoms with Gasteiger partial charge in [0.15, 0.2) is 6.61 Å². The molecule has 2 N–H and O–H groups in total. The highest BCUT2D eigenvalue weighted by molar-refractivity contribution is 5.95. The predicted molar refractivity (Wildman–Crippen MR) is 89.6 cm³/mol. The number of carbonyl (C=O) groups excluding carboxylic acids is 1. The van der Waals surface area contributed by atoms with E-state index in [1.807, 2.05) is 0 Å². The highest BCUT2D eigenvalue weighted by atomic mass is 16.5. The molecule has 0 bridgehead atoms. The smallest absolute Gasteiger partial charge is 0.341 e. The Balaban J connectivity index is 2.10. The molecule has 0 saturated heterocycles. The first-order valence-electron chi connectivity index (χ1n) is 8.22. The monoisotopic (exact) mass is 335 g/mol. The summed E-state index contributed by atoms with van der Waals surface area (Å²) in [6, 6.07) is 3.48. The first kappa shape index (κ1) is 18.3. The minimum Gasteiger partial charge on any atom is -0.481 e. The molecule has 0 aliphatic heterocycles. The topological polar surface area (TPSA) is 84.9 Å². The summed E-state index contributed by atoms with van der Waals surface area (Å²) in [5, 5.41) is 11.8. The molecule has 0 aromatic heterocycles. The van der Waals surface area contributed by atoms with Crippen LogP contribution in [0.25, 0.3) is 0 Å². The quantitative estimate of drug-likeness (QED) is 0.834. The average molecular weight is 335 g/mol. The van der Waals surface area contributed by atoms with E-state index >= 15 is 0 Å². The number of benzene rings is 1. The fourth-order valence-corrected chi connectivity index (χ4v) is 3.24. The Kier molecular flexibility index (Phi) is 6.20. The lowest BCUT2D eigenvalue weighted by atomic mass is 9.92. The number of amides is 1. The summed E-state index contributed by atoms with van der Waals surface area (Å²) in [6.07, 6.45) is 4.15. The fraction of sp³-hybridized carbons (Fsp3) is 0.556. The average Bonchev–Trinajstić information content (AvgIpc) is 2.54. The van der Waals surface area contributed by atoms with Crippen LogP contribution in [0.3, 0.4) is 0 Å². The van der Waals surface area contributed by atoms with Gasteiger partial charge in [0.25, 0.3) is 5.91 Å². The number of carboxylic acid groups (broad SMARTS) is 1. The molecule has 1 aromatic rings. The van der Waals surface area contributed by atoms with Crippen LogP contribution in [0.4, 0.5) is 0 Å². The van der Waals surface area contributed by atoms with Crippen molar-refractivity contribution < 1.29 is 24.2 Å². The van der Waals surface area contributed by atoms with Gasteiger partial charge in [0.1, 0.15) is 5.75 Å². The SMILES string of the molecule is CO[C@H]1CCCC[C@@H]1NC(=O)c1cc(C)c(OCC(=O)O)c(C)c1. The molecule has 2 rings (SSSR count). The van der Waals surface area contributed by atoms with Gasteiger partial charge >= 0.3 is 5.97 Å². The van der Waals surface area contributed by atoms with Gasteiger partial charge in [-0.3, -0.25) is 4.79 Å². The summed E-state index contributed by atoms with van der Waals surface area (Å²) in [5.41, 5.74) is 2.04. The number of carboxylic acids is 1. The van der Waals surface area contributed by atoms with Gasteiger partial charge in [0.2, 0.25) is 0 Å². The number of hydrogen-bond acceptors (Lipinski definition) is 4. The van der Waals surface area contributed by atoms with E-state index in [9.17, 15) is 9.59 Å². The third kappa shape index (κ3) is 4.47. The molecule has 0 spiro atoms. The second-order valence-corrected chi connectivity index (χ2v) is 6.26. The number of rotatable bonds is 6. The van der Waals surface area contributed by atoms with E-state index in [0.717, 1.165) is 36.8 Å². The van der Waals surface area contributed by atoms with Crippen LogP contribution in [0.5, 0.6) is 5.75 Å². The summed E-state index contributed by atoms with van der Waals surface area (Å²) >= 11 is 0. The molecular weight excluding hydrogens is 310 g/mol. The normalized spacial score (nSPS) is 20.5. The summed E-state index contributed by atoms with van der Waals surface area (Å²) in [6.45, 7) is 3.21. The molecule has 1 aromatic carbocycles. The van der Waals surface area contributed by atoms with Crippen molar-refractivity contribution in [2.75, 3.05) is 13.7 Å². The van der Waals surface area contributed by atoms with Crippen molar-refractivity contribution in [3.8, 4) is 5.75 Å². The largest absolute Gasteiger partial charge is 0.481 e. The number of aryl methyl sites for hydroxylation is 2. The number of ether oxygens (including phenoxy) is 2. The van der Waals surface area contributed by atoms with Crippen LogP contribution in [-0.4, -0.2) is 42.8 Å². The number of methoxy groups -OCH3 is 1. The number of carbonyl (C=O) groups is 2. The van der Waals surface area contributed by atoms with Gasteiger partial charge in [-0.1, -0.05) is 12.8 Å². The van der Waals surface area contributed by atoms with E-state index in [2.05, 4.69) is 5.32 Å². The molecule has 0 unspecified atom stereocenters. The van der Waals surface area contributed by atoms with Gasteiger partial charge in [0.05, 0.1) is 12.1 Å². The van der Waals surface area contributed by atoms with Crippen molar-refractivity contribution in [3.63, 3.8) is 0 Å². The number of aliphatic carboxylic acids is 1. The summed E-state index contributed by atoms with van der Waals surface area (Å²) < 4.78 is 10.8. The summed E-state index contributed by atoms with van der Waals surface area (Å²) in [4.78, 5) is 23.2. The molecule has 6 heteroatoms. The maximum absolute atomic E-state index is 12.6. The molecular formula is C18H25NO5. The number of nitrogens with one attached hydrogen (secondary N) is 1. The Morgan fingerprint density at radius 2 is 1.83 bits per heavy atom. The lowest BCUT2D eigenvalue weighted by Crippen LogP contribution is -2.46. The molecule has 1 aliphatic rings. The van der Waals surface area contributed by atoms with Gasteiger partial charge in [-0.25, -0.2) is 4.79 Å². The standard InChI is InChI=1S/C18H25NO5/c1-11-8-13(9-12(2)17(11)24-10-16(20)21)18(22)19-14-6-4-5-7-15(14)23-3/h8-9,14-15H,4-7,10H2,1-3H3,(H,19,22)(H,20,21)/t14-,15-/m0/s1. The molecule has 6 nitrogen and oxygen atoms in total. The zero-order valence-electron chi connectivity index (χ0n) is 14.4. The number of hydrogen-bond donors (Lipinski definition) is 2. The zero-order chi connectivity index (χ0) is 17.7. The molecule has 1 saturated carbocycles. The lowest BCUT2D eigenvalue weighted by Gasteiger charge is -2.31. The Morgan fingerprint density at radius 3 is 2.42 bits per heavy atom. The minimum absolute atomic E-state index is 0.0276. The zero-order valence-corrected chi connectivity index (χ0v) is 14.4. The highest BCUT2D eigenvalue weighted by Crippen LogP contribution is 2.26. The maximum Gasteiger partial charge on any atom is 0.341 e. The van der Waals surface area contributed by atoms with Crippen LogP contribution in [0.15, 0.2) is 12.1 Å². The van der Waals surface area contributed by atoms with E-state index in [1.54, 1.807) is 33.1 Å². The molecule has 0 heterocycles. The molecule has 24 heavy (non-hydrogen) atoms. The fourth-order valence-electron chi connectivity index (χ4n) is 3.24. The predicted octanol–water partition coefficient (Wildman–Crippen LogP) is 2.45. The van der Waals surface area contributed by atoms with E-state index in [-0.39, 0.29) is 18.1 Å². The second-order valence-electron chi connectivity index (χ2n) is 6.26. The maximum atomic E-state index is 12.6. The summed E-state index contributed by atoms with van der Waals surface area (Å²) in [7, 11) is 1.68. The molecule has 132 valence electrons. The van der Waals surface area contributed by atoms with Crippen molar-refractivity contribution in [3.05, 3.63) is 28.8 Å². The molecule has 1 amide bonds. The summed E-state index contributed by atoms with van der Waals surface area (Å²) in [5.74, 6) is -0.653. The van der Waals surface area contributed by atoms with Gasteiger partial charge in [-0.15, -0.1) is 0 Å². The first-order valence-corrected chi connectivity index (χ1v) is 8.22. The van der Waals surface area contributed by atoms with E-state index in [4.69, 9.17) is 14.6 Å².